The zero-order valence-corrected chi connectivity index (χ0v) is 17.4. The first-order valence-corrected chi connectivity index (χ1v) is 11.2. The monoisotopic (exact) mass is 418 g/mol. The lowest BCUT2D eigenvalue weighted by atomic mass is 10.1. The van der Waals surface area contributed by atoms with E-state index < -0.39 is 10.0 Å². The van der Waals surface area contributed by atoms with Crippen LogP contribution in [-0.2, 0) is 10.0 Å². The number of sulfonamides is 1. The first kappa shape index (κ1) is 21.0. The molecule has 29 heavy (non-hydrogen) atoms. The molecule has 2 aromatic rings. The van der Waals surface area contributed by atoms with Crippen LogP contribution in [0.1, 0.15) is 30.1 Å². The molecule has 0 unspecified atom stereocenters. The highest BCUT2D eigenvalue weighted by Gasteiger charge is 2.26. The fraction of sp³-hybridized carbons (Fsp3) is 0.381. The molecule has 0 radical (unpaired) electrons. The maximum Gasteiger partial charge on any atom is 0.251 e. The maximum absolute atomic E-state index is 12.4. The van der Waals surface area contributed by atoms with E-state index in [9.17, 15) is 13.2 Å². The van der Waals surface area contributed by atoms with Crippen LogP contribution in [-0.4, -0.2) is 46.4 Å². The molecule has 1 fully saturated rings. The second-order valence-electron chi connectivity index (χ2n) is 7.00. The number of carbonyl (C=O) groups excluding carboxylic acids is 1. The highest BCUT2D eigenvalue weighted by Crippen LogP contribution is 2.23. The quantitative estimate of drug-likeness (QED) is 0.747. The van der Waals surface area contributed by atoms with Gasteiger partial charge < -0.3 is 14.8 Å². The molecule has 8 heteroatoms. The summed E-state index contributed by atoms with van der Waals surface area (Å²) in [4.78, 5) is 12.4. The van der Waals surface area contributed by atoms with Gasteiger partial charge in [0.05, 0.1) is 24.6 Å². The number of hydrogen-bond donors (Lipinski definition) is 1. The summed E-state index contributed by atoms with van der Waals surface area (Å²) in [6, 6.07) is 13.7. The van der Waals surface area contributed by atoms with Crippen molar-refractivity contribution in [3.63, 3.8) is 0 Å². The predicted molar refractivity (Wildman–Crippen MR) is 112 cm³/mol. The van der Waals surface area contributed by atoms with Crippen LogP contribution < -0.4 is 19.1 Å². The first-order chi connectivity index (χ1) is 13.9. The number of benzene rings is 2. The number of methoxy groups -OCH3 is 1. The van der Waals surface area contributed by atoms with E-state index in [-0.39, 0.29) is 17.7 Å². The number of anilines is 1. The molecule has 1 N–H and O–H groups in total. The Hall–Kier alpha value is -2.74. The van der Waals surface area contributed by atoms with Gasteiger partial charge in [0, 0.05) is 12.1 Å². The van der Waals surface area contributed by atoms with E-state index in [1.54, 1.807) is 43.5 Å². The third-order valence-corrected chi connectivity index (χ3v) is 6.57. The second-order valence-corrected chi connectivity index (χ2v) is 9.02. The summed E-state index contributed by atoms with van der Waals surface area (Å²) >= 11 is 0. The zero-order valence-electron chi connectivity index (χ0n) is 16.6. The van der Waals surface area contributed by atoms with E-state index in [1.165, 1.54) is 4.31 Å². The van der Waals surface area contributed by atoms with Gasteiger partial charge in [0.1, 0.15) is 18.1 Å². The minimum Gasteiger partial charge on any atom is -0.497 e. The maximum atomic E-state index is 12.4. The summed E-state index contributed by atoms with van der Waals surface area (Å²) in [7, 11) is -1.66. The van der Waals surface area contributed by atoms with E-state index in [4.69, 9.17) is 9.47 Å². The number of rotatable bonds is 7. The lowest BCUT2D eigenvalue weighted by molar-refractivity contribution is 0.0926. The van der Waals surface area contributed by atoms with Gasteiger partial charge in [0.25, 0.3) is 5.91 Å². The molecule has 1 aliphatic heterocycles. The third kappa shape index (κ3) is 5.41. The molecule has 156 valence electrons. The summed E-state index contributed by atoms with van der Waals surface area (Å²) in [5.74, 6) is 1.38. The third-order valence-electron chi connectivity index (χ3n) is 4.70. The van der Waals surface area contributed by atoms with Crippen molar-refractivity contribution in [2.45, 2.75) is 25.8 Å². The van der Waals surface area contributed by atoms with Crippen molar-refractivity contribution < 1.29 is 22.7 Å². The molecular formula is C21H26N2O5S. The molecule has 2 aromatic carbocycles. The molecule has 0 aliphatic carbocycles. The Morgan fingerprint density at radius 2 is 1.72 bits per heavy atom. The van der Waals surface area contributed by atoms with Crippen LogP contribution in [0.4, 0.5) is 5.69 Å². The molecule has 1 saturated heterocycles. The van der Waals surface area contributed by atoms with Gasteiger partial charge in [-0.25, -0.2) is 8.42 Å². The van der Waals surface area contributed by atoms with Gasteiger partial charge in [-0.3, -0.25) is 9.10 Å². The van der Waals surface area contributed by atoms with Gasteiger partial charge in [-0.2, -0.15) is 0 Å². The summed E-state index contributed by atoms with van der Waals surface area (Å²) < 4.78 is 36.6. The number of ether oxygens (including phenoxy) is 2. The Balaban J connectivity index is 1.54. The standard InChI is InChI=1S/C21H26N2O5S/c1-16(15-28-20-11-9-19(27-2)10-12-20)22-21(24)17-5-7-18(8-6-17)23-13-3-4-14-29(23,25)26/h5-12,16H,3-4,13-15H2,1-2H3,(H,22,24)/t16-/m0/s1. The lowest BCUT2D eigenvalue weighted by Crippen LogP contribution is -2.38. The lowest BCUT2D eigenvalue weighted by Gasteiger charge is -2.28. The van der Waals surface area contributed by atoms with Crippen LogP contribution in [0.5, 0.6) is 11.5 Å². The van der Waals surface area contributed by atoms with Gasteiger partial charge in [-0.1, -0.05) is 0 Å². The number of nitrogens with zero attached hydrogens (tertiary/aromatic N) is 1. The topological polar surface area (TPSA) is 84.9 Å². The molecule has 1 heterocycles. The zero-order chi connectivity index (χ0) is 20.9. The molecule has 0 aromatic heterocycles. The van der Waals surface area contributed by atoms with Crippen molar-refractivity contribution in [1.29, 1.82) is 0 Å². The second kappa shape index (κ2) is 9.17. The average Bonchev–Trinajstić information content (AvgIpc) is 2.72. The van der Waals surface area contributed by atoms with Gasteiger partial charge in [0.2, 0.25) is 10.0 Å². The Labute approximate surface area is 171 Å². The summed E-state index contributed by atoms with van der Waals surface area (Å²) in [6.45, 7) is 2.66. The first-order valence-electron chi connectivity index (χ1n) is 9.57. The van der Waals surface area contributed by atoms with Crippen LogP contribution in [0.25, 0.3) is 0 Å². The molecule has 0 bridgehead atoms. The number of amides is 1. The Morgan fingerprint density at radius 1 is 1.07 bits per heavy atom. The number of carbonyl (C=O) groups is 1. The smallest absolute Gasteiger partial charge is 0.251 e. The highest BCUT2D eigenvalue weighted by molar-refractivity contribution is 7.92. The molecule has 0 saturated carbocycles. The van der Waals surface area contributed by atoms with Crippen molar-refractivity contribution >= 4 is 21.6 Å². The predicted octanol–water partition coefficient (Wildman–Crippen LogP) is 2.82. The molecule has 1 aliphatic rings. The van der Waals surface area contributed by atoms with Crippen LogP contribution in [0.2, 0.25) is 0 Å². The molecule has 0 spiro atoms. The minimum atomic E-state index is -3.26. The van der Waals surface area contributed by atoms with Crippen molar-refractivity contribution in [2.75, 3.05) is 30.3 Å². The van der Waals surface area contributed by atoms with E-state index in [0.29, 0.717) is 36.6 Å². The molecule has 1 amide bonds. The summed E-state index contributed by atoms with van der Waals surface area (Å²) in [6.07, 6.45) is 1.53. The Kier molecular flexibility index (Phi) is 6.64. The van der Waals surface area contributed by atoms with Gasteiger partial charge in [-0.05, 0) is 68.3 Å². The van der Waals surface area contributed by atoms with Crippen molar-refractivity contribution in [2.24, 2.45) is 0 Å². The largest absolute Gasteiger partial charge is 0.497 e. The van der Waals surface area contributed by atoms with Crippen LogP contribution in [0.15, 0.2) is 48.5 Å². The summed E-state index contributed by atoms with van der Waals surface area (Å²) in [5.41, 5.74) is 1.07. The highest BCUT2D eigenvalue weighted by atomic mass is 32.2. The van der Waals surface area contributed by atoms with Crippen molar-refractivity contribution in [1.82, 2.24) is 5.32 Å². The fourth-order valence-electron chi connectivity index (χ4n) is 3.10. The van der Waals surface area contributed by atoms with Crippen molar-refractivity contribution in [3.05, 3.63) is 54.1 Å². The molecular weight excluding hydrogens is 392 g/mol. The molecule has 1 atom stereocenters. The molecule has 7 nitrogen and oxygen atoms in total. The molecule has 3 rings (SSSR count). The number of hydrogen-bond acceptors (Lipinski definition) is 5. The van der Waals surface area contributed by atoms with E-state index in [2.05, 4.69) is 5.32 Å². The van der Waals surface area contributed by atoms with Gasteiger partial charge in [-0.15, -0.1) is 0 Å². The number of nitrogens with one attached hydrogen (secondary N) is 1. The van der Waals surface area contributed by atoms with E-state index >= 15 is 0 Å². The normalized spacial score (nSPS) is 16.7. The van der Waals surface area contributed by atoms with Crippen molar-refractivity contribution in [3.8, 4) is 11.5 Å². The van der Waals surface area contributed by atoms with Gasteiger partial charge >= 0.3 is 0 Å². The van der Waals surface area contributed by atoms with Crippen LogP contribution in [0.3, 0.4) is 0 Å². The Morgan fingerprint density at radius 3 is 2.34 bits per heavy atom. The van der Waals surface area contributed by atoms with Crippen LogP contribution >= 0.6 is 0 Å². The Bertz CT molecular complexity index is 927. The fourth-order valence-corrected chi connectivity index (χ4v) is 4.74. The van der Waals surface area contributed by atoms with Crippen LogP contribution in [0, 0.1) is 0 Å². The van der Waals surface area contributed by atoms with E-state index in [0.717, 1.165) is 12.2 Å². The minimum absolute atomic E-state index is 0.168. The average molecular weight is 419 g/mol. The SMILES string of the molecule is COc1ccc(OC[C@H](C)NC(=O)c2ccc(N3CCCCS3(=O)=O)cc2)cc1. The van der Waals surface area contributed by atoms with Gasteiger partial charge in [0.15, 0.2) is 0 Å². The van der Waals surface area contributed by atoms with E-state index in [1.807, 2.05) is 19.1 Å². The summed E-state index contributed by atoms with van der Waals surface area (Å²) in [5, 5.41) is 2.88.